The fraction of sp³-hybridized carbons (Fsp3) is 0.360. The number of nitrogens with one attached hydrogen (secondary N) is 1. The van der Waals surface area contributed by atoms with E-state index in [9.17, 15) is 9.59 Å². The van der Waals surface area contributed by atoms with Crippen LogP contribution in [0.25, 0.3) is 16.7 Å². The van der Waals surface area contributed by atoms with Crippen LogP contribution in [0.4, 0.5) is 0 Å². The van der Waals surface area contributed by atoms with E-state index in [-0.39, 0.29) is 17.5 Å². The number of hydrogen-bond donors (Lipinski definition) is 1. The first-order chi connectivity index (χ1) is 16.1. The van der Waals surface area contributed by atoms with E-state index in [4.69, 9.17) is 11.6 Å². The van der Waals surface area contributed by atoms with Gasteiger partial charge in [-0.25, -0.2) is 0 Å². The molecule has 7 nitrogen and oxygen atoms in total. The van der Waals surface area contributed by atoms with Crippen LogP contribution in [0.5, 0.6) is 0 Å². The van der Waals surface area contributed by atoms with Gasteiger partial charge in [0, 0.05) is 23.9 Å². The van der Waals surface area contributed by atoms with Crippen molar-refractivity contribution >= 4 is 34.2 Å². The number of carbonyl (C=O) groups is 1. The molecule has 1 aliphatic rings. The second-order valence-corrected chi connectivity index (χ2v) is 9.13. The molecule has 0 unspecified atom stereocenters. The lowest BCUT2D eigenvalue weighted by Crippen LogP contribution is -2.36. The van der Waals surface area contributed by atoms with Crippen LogP contribution in [-0.4, -0.2) is 31.1 Å². The minimum Gasteiger partial charge on any atom is -0.353 e. The summed E-state index contributed by atoms with van der Waals surface area (Å²) in [4.78, 5) is 25.9. The van der Waals surface area contributed by atoms with Crippen LogP contribution in [-0.2, 0) is 17.8 Å². The van der Waals surface area contributed by atoms with Gasteiger partial charge in [0.2, 0.25) is 11.7 Å². The third-order valence-electron chi connectivity index (χ3n) is 6.37. The normalized spacial score (nSPS) is 14.7. The summed E-state index contributed by atoms with van der Waals surface area (Å²) in [6.45, 7) is 0.352. The number of amides is 1. The second-order valence-electron chi connectivity index (χ2n) is 8.69. The molecule has 33 heavy (non-hydrogen) atoms. The molecule has 0 saturated heterocycles. The fourth-order valence-electron chi connectivity index (χ4n) is 4.66. The Hall–Kier alpha value is -3.19. The number of benzene rings is 2. The molecule has 1 N–H and O–H groups in total. The number of hydrogen-bond acceptors (Lipinski definition) is 4. The molecule has 0 aliphatic heterocycles. The lowest BCUT2D eigenvalue weighted by Gasteiger charge is -2.22. The molecule has 170 valence electrons. The van der Waals surface area contributed by atoms with E-state index in [1.54, 1.807) is 16.7 Å². The van der Waals surface area contributed by atoms with E-state index in [0.717, 1.165) is 23.9 Å². The Kier molecular flexibility index (Phi) is 6.13. The highest BCUT2D eigenvalue weighted by molar-refractivity contribution is 6.30. The van der Waals surface area contributed by atoms with Gasteiger partial charge in [-0.1, -0.05) is 55.1 Å². The van der Waals surface area contributed by atoms with E-state index >= 15 is 0 Å². The Labute approximate surface area is 196 Å². The zero-order valence-electron chi connectivity index (χ0n) is 18.3. The molecule has 4 aromatic rings. The van der Waals surface area contributed by atoms with Crippen molar-refractivity contribution in [3.8, 4) is 0 Å². The molecule has 8 heteroatoms. The van der Waals surface area contributed by atoms with Crippen molar-refractivity contribution in [3.05, 3.63) is 75.3 Å². The minimum atomic E-state index is -0.123. The third kappa shape index (κ3) is 4.50. The van der Waals surface area contributed by atoms with Crippen molar-refractivity contribution in [2.45, 2.75) is 57.5 Å². The molecule has 2 aromatic heterocycles. The van der Waals surface area contributed by atoms with Crippen molar-refractivity contribution in [1.29, 1.82) is 0 Å². The van der Waals surface area contributed by atoms with Crippen LogP contribution >= 0.6 is 11.6 Å². The van der Waals surface area contributed by atoms with Gasteiger partial charge in [-0.3, -0.25) is 18.6 Å². The molecule has 1 fully saturated rings. The number of halogens is 1. The number of aromatic nitrogens is 4. The number of fused-ring (bicyclic) bond motifs is 3. The number of rotatable bonds is 6. The first-order valence-corrected chi connectivity index (χ1v) is 11.9. The van der Waals surface area contributed by atoms with Crippen LogP contribution in [0.15, 0.2) is 53.3 Å². The molecule has 2 heterocycles. The Balaban J connectivity index is 1.47. The molecular formula is C25H26ClN5O2. The van der Waals surface area contributed by atoms with Gasteiger partial charge < -0.3 is 5.32 Å². The first-order valence-electron chi connectivity index (χ1n) is 11.5. The topological polar surface area (TPSA) is 81.3 Å². The van der Waals surface area contributed by atoms with Crippen LogP contribution in [0.1, 0.15) is 49.9 Å². The van der Waals surface area contributed by atoms with Crippen molar-refractivity contribution in [1.82, 2.24) is 24.5 Å². The standard InChI is InChI=1S/C25H26ClN5O2/c26-18-12-10-17(11-13-18)16-30-24(33)20-8-4-5-9-21(20)31-22(28-29-25(30)31)14-15-23(32)27-19-6-2-1-3-7-19/h4-5,8-13,19H,1-3,6-7,14-16H2,(H,27,32). The van der Waals surface area contributed by atoms with Gasteiger partial charge in [-0.15, -0.1) is 10.2 Å². The Bertz CT molecular complexity index is 1350. The number of carbonyl (C=O) groups excluding carboxylic acids is 1. The molecule has 1 saturated carbocycles. The lowest BCUT2D eigenvalue weighted by atomic mass is 9.95. The Morgan fingerprint density at radius 3 is 2.58 bits per heavy atom. The van der Waals surface area contributed by atoms with E-state index in [1.807, 2.05) is 40.8 Å². The van der Waals surface area contributed by atoms with Gasteiger partial charge in [-0.2, -0.15) is 0 Å². The summed E-state index contributed by atoms with van der Waals surface area (Å²) in [5.41, 5.74) is 1.56. The van der Waals surface area contributed by atoms with Crippen molar-refractivity contribution in [3.63, 3.8) is 0 Å². The molecule has 5 rings (SSSR count). The highest BCUT2D eigenvalue weighted by Gasteiger charge is 2.19. The second kappa shape index (κ2) is 9.35. The minimum absolute atomic E-state index is 0.0393. The summed E-state index contributed by atoms with van der Waals surface area (Å²) < 4.78 is 3.53. The zero-order valence-corrected chi connectivity index (χ0v) is 19.1. The first kappa shape index (κ1) is 21.6. The Morgan fingerprint density at radius 1 is 1.03 bits per heavy atom. The van der Waals surface area contributed by atoms with Crippen LogP contribution in [0.2, 0.25) is 5.02 Å². The Morgan fingerprint density at radius 2 is 1.79 bits per heavy atom. The van der Waals surface area contributed by atoms with Crippen molar-refractivity contribution in [2.75, 3.05) is 0 Å². The number of aryl methyl sites for hydroxylation is 1. The predicted octanol–water partition coefficient (Wildman–Crippen LogP) is 4.13. The fourth-order valence-corrected chi connectivity index (χ4v) is 4.79. The highest BCUT2D eigenvalue weighted by Crippen LogP contribution is 2.19. The molecule has 0 spiro atoms. The smallest absolute Gasteiger partial charge is 0.263 e. The lowest BCUT2D eigenvalue weighted by molar-refractivity contribution is -0.122. The molecule has 0 radical (unpaired) electrons. The third-order valence-corrected chi connectivity index (χ3v) is 6.63. The molecule has 0 bridgehead atoms. The van der Waals surface area contributed by atoms with Crippen molar-refractivity contribution < 1.29 is 4.79 Å². The summed E-state index contributed by atoms with van der Waals surface area (Å²) in [5.74, 6) is 1.18. The summed E-state index contributed by atoms with van der Waals surface area (Å²) >= 11 is 6.02. The predicted molar refractivity (Wildman–Crippen MR) is 129 cm³/mol. The van der Waals surface area contributed by atoms with E-state index in [0.29, 0.717) is 41.4 Å². The SMILES string of the molecule is O=C(CCc1nnc2n(Cc3ccc(Cl)cc3)c(=O)c3ccccc3n12)NC1CCCCC1. The van der Waals surface area contributed by atoms with Crippen LogP contribution < -0.4 is 10.9 Å². The van der Waals surface area contributed by atoms with Gasteiger partial charge in [0.15, 0.2) is 0 Å². The van der Waals surface area contributed by atoms with Gasteiger partial charge >= 0.3 is 0 Å². The molecular weight excluding hydrogens is 438 g/mol. The monoisotopic (exact) mass is 463 g/mol. The van der Waals surface area contributed by atoms with Gasteiger partial charge in [0.05, 0.1) is 17.4 Å². The maximum Gasteiger partial charge on any atom is 0.263 e. The summed E-state index contributed by atoms with van der Waals surface area (Å²) in [6.07, 6.45) is 6.50. The van der Waals surface area contributed by atoms with Gasteiger partial charge in [0.25, 0.3) is 5.56 Å². The van der Waals surface area contributed by atoms with Crippen LogP contribution in [0, 0.1) is 0 Å². The highest BCUT2D eigenvalue weighted by atomic mass is 35.5. The van der Waals surface area contributed by atoms with Crippen LogP contribution in [0.3, 0.4) is 0 Å². The quantitative estimate of drug-likeness (QED) is 0.466. The molecule has 1 amide bonds. The summed E-state index contributed by atoms with van der Waals surface area (Å²) in [7, 11) is 0. The maximum atomic E-state index is 13.3. The number of para-hydroxylation sites is 1. The van der Waals surface area contributed by atoms with E-state index in [1.165, 1.54) is 19.3 Å². The number of nitrogens with zero attached hydrogens (tertiary/aromatic N) is 4. The summed E-state index contributed by atoms with van der Waals surface area (Å²) in [5, 5.41) is 13.1. The molecule has 1 aliphatic carbocycles. The average molecular weight is 464 g/mol. The van der Waals surface area contributed by atoms with E-state index in [2.05, 4.69) is 15.5 Å². The zero-order chi connectivity index (χ0) is 22.8. The molecule has 2 aromatic carbocycles. The maximum absolute atomic E-state index is 13.3. The van der Waals surface area contributed by atoms with Gasteiger partial charge in [0.1, 0.15) is 5.82 Å². The average Bonchev–Trinajstić information content (AvgIpc) is 3.26. The van der Waals surface area contributed by atoms with Crippen molar-refractivity contribution in [2.24, 2.45) is 0 Å². The van der Waals surface area contributed by atoms with E-state index < -0.39 is 0 Å². The summed E-state index contributed by atoms with van der Waals surface area (Å²) in [6, 6.07) is 15.1. The van der Waals surface area contributed by atoms with Gasteiger partial charge in [-0.05, 0) is 42.7 Å². The molecule has 0 atom stereocenters. The largest absolute Gasteiger partial charge is 0.353 e.